The van der Waals surface area contributed by atoms with E-state index in [0.717, 1.165) is 19.3 Å². The number of hydrogen-bond donors (Lipinski definition) is 2. The summed E-state index contributed by atoms with van der Waals surface area (Å²) in [5.74, 6) is -1.56. The molecule has 2 atom stereocenters. The lowest BCUT2D eigenvalue weighted by atomic mass is 9.95. The molecule has 116 valence electrons. The maximum absolute atomic E-state index is 12.0. The first-order valence-corrected chi connectivity index (χ1v) is 9.47. The van der Waals surface area contributed by atoms with Crippen molar-refractivity contribution in [3.63, 3.8) is 0 Å². The zero-order chi connectivity index (χ0) is 15.3. The summed E-state index contributed by atoms with van der Waals surface area (Å²) in [6.07, 6.45) is 6.46. The minimum Gasteiger partial charge on any atom is -0.384 e. The molecular weight excluding hydrogens is 279 g/mol. The van der Waals surface area contributed by atoms with Crippen molar-refractivity contribution in [1.29, 1.82) is 0 Å². The zero-order valence-electron chi connectivity index (χ0n) is 12.4. The molecule has 7 heteroatoms. The normalized spacial score (nSPS) is 21.0. The molecule has 0 aromatic rings. The molecule has 1 aliphatic carbocycles. The molecule has 2 N–H and O–H groups in total. The highest BCUT2D eigenvalue weighted by Crippen LogP contribution is 2.40. The predicted molar refractivity (Wildman–Crippen MR) is 78.1 cm³/mol. The lowest BCUT2D eigenvalue weighted by Crippen LogP contribution is -2.42. The van der Waals surface area contributed by atoms with Crippen LogP contribution in [0.3, 0.4) is 0 Å². The van der Waals surface area contributed by atoms with Gasteiger partial charge in [-0.25, -0.2) is 5.06 Å². The average Bonchev–Trinajstić information content (AvgIpc) is 2.37. The highest BCUT2D eigenvalue weighted by Gasteiger charge is 2.26. The van der Waals surface area contributed by atoms with E-state index in [9.17, 15) is 19.7 Å². The van der Waals surface area contributed by atoms with E-state index in [1.165, 1.54) is 13.3 Å². The van der Waals surface area contributed by atoms with Gasteiger partial charge < -0.3 is 9.67 Å². The molecule has 1 aliphatic rings. The highest BCUT2D eigenvalue weighted by atomic mass is 31.2. The molecule has 0 saturated heterocycles. The largest absolute Gasteiger partial charge is 0.384 e. The second-order valence-electron chi connectivity index (χ2n) is 5.80. The molecule has 0 aromatic carbocycles. The van der Waals surface area contributed by atoms with Crippen LogP contribution < -0.4 is 0 Å². The monoisotopic (exact) mass is 304 g/mol. The van der Waals surface area contributed by atoms with Gasteiger partial charge in [0.25, 0.3) is 5.91 Å². The Bertz CT molecular complexity index is 407. The summed E-state index contributed by atoms with van der Waals surface area (Å²) in [7, 11) is -0.928. The highest BCUT2D eigenvalue weighted by molar-refractivity contribution is 7.62. The molecule has 0 bridgehead atoms. The third kappa shape index (κ3) is 5.37. The zero-order valence-corrected chi connectivity index (χ0v) is 13.3. The Labute approximate surface area is 120 Å². The van der Waals surface area contributed by atoms with E-state index in [0.29, 0.717) is 5.06 Å². The van der Waals surface area contributed by atoms with Crippen molar-refractivity contribution in [2.75, 3.05) is 33.6 Å². The Morgan fingerprint density at radius 3 is 2.65 bits per heavy atom. The number of hydroxylamine groups is 2. The lowest BCUT2D eigenvalue weighted by Gasteiger charge is -2.28. The van der Waals surface area contributed by atoms with Gasteiger partial charge in [0.15, 0.2) is 0 Å². The number of likely N-dealkylation sites (N-methyl/N-ethyl adjacent to an activating group) is 1. The van der Waals surface area contributed by atoms with Crippen molar-refractivity contribution in [3.05, 3.63) is 12.2 Å². The van der Waals surface area contributed by atoms with Crippen LogP contribution in [0.25, 0.3) is 0 Å². The number of nitrogens with zero attached hydrogens (tertiary/aromatic N) is 2. The standard InChI is InChI=1S/C13H25N2O4P/c1-14(9-12(16)20(2,3)19)10-15(18)13(17)11-7-5-4-6-8-11/h5,7,11-12,16,18H,4,6,8-10H2,1-3H3. The molecule has 0 aromatic heterocycles. The van der Waals surface area contributed by atoms with Crippen molar-refractivity contribution >= 4 is 13.0 Å². The van der Waals surface area contributed by atoms with Crippen molar-refractivity contribution in [1.82, 2.24) is 9.96 Å². The van der Waals surface area contributed by atoms with E-state index in [2.05, 4.69) is 0 Å². The molecular formula is C13H25N2O4P. The summed E-state index contributed by atoms with van der Waals surface area (Å²) >= 11 is 0. The molecule has 2 unspecified atom stereocenters. The van der Waals surface area contributed by atoms with Crippen LogP contribution in [0.15, 0.2) is 12.2 Å². The van der Waals surface area contributed by atoms with Gasteiger partial charge >= 0.3 is 0 Å². The summed E-state index contributed by atoms with van der Waals surface area (Å²) in [5, 5.41) is 20.2. The van der Waals surface area contributed by atoms with Gasteiger partial charge in [-0.1, -0.05) is 12.2 Å². The summed E-state index contributed by atoms with van der Waals surface area (Å²) < 4.78 is 11.7. The average molecular weight is 304 g/mol. The van der Waals surface area contributed by atoms with Gasteiger partial charge in [0.2, 0.25) is 0 Å². The minimum atomic E-state index is -2.59. The smallest absolute Gasteiger partial charge is 0.254 e. The molecule has 0 spiro atoms. The SMILES string of the molecule is CN(CC(O)P(C)(C)=O)CN(O)C(=O)C1C=CCCC1. The van der Waals surface area contributed by atoms with E-state index in [1.807, 2.05) is 12.2 Å². The predicted octanol–water partition coefficient (Wildman–Crippen LogP) is 1.39. The fourth-order valence-electron chi connectivity index (χ4n) is 2.04. The number of aliphatic hydroxyl groups excluding tert-OH is 1. The van der Waals surface area contributed by atoms with Crippen molar-refractivity contribution < 1.29 is 19.7 Å². The van der Waals surface area contributed by atoms with Crippen LogP contribution >= 0.6 is 7.14 Å². The third-order valence-electron chi connectivity index (χ3n) is 3.39. The lowest BCUT2D eigenvalue weighted by molar-refractivity contribution is -0.177. The summed E-state index contributed by atoms with van der Waals surface area (Å²) in [6, 6.07) is 0. The molecule has 0 radical (unpaired) electrons. The van der Waals surface area contributed by atoms with Gasteiger partial charge in [0, 0.05) is 6.54 Å². The van der Waals surface area contributed by atoms with Crippen LogP contribution in [0.1, 0.15) is 19.3 Å². The van der Waals surface area contributed by atoms with Crippen molar-refractivity contribution in [3.8, 4) is 0 Å². The van der Waals surface area contributed by atoms with E-state index >= 15 is 0 Å². The topological polar surface area (TPSA) is 81.1 Å². The Kier molecular flexibility index (Phi) is 6.40. The van der Waals surface area contributed by atoms with Crippen LogP contribution in [0.2, 0.25) is 0 Å². The fraction of sp³-hybridized carbons (Fsp3) is 0.769. The number of hydrogen-bond acceptors (Lipinski definition) is 5. The van der Waals surface area contributed by atoms with Gasteiger partial charge in [-0.05, 0) is 39.6 Å². The molecule has 1 rings (SSSR count). The number of amides is 1. The van der Waals surface area contributed by atoms with Crippen LogP contribution in [-0.2, 0) is 9.36 Å². The molecule has 0 saturated carbocycles. The molecule has 0 heterocycles. The maximum atomic E-state index is 12.0. The Balaban J connectivity index is 2.46. The van der Waals surface area contributed by atoms with E-state index in [1.54, 1.807) is 11.9 Å². The first-order valence-electron chi connectivity index (χ1n) is 6.80. The summed E-state index contributed by atoms with van der Waals surface area (Å²) in [5.41, 5.74) is 0. The second-order valence-corrected chi connectivity index (χ2v) is 9.26. The van der Waals surface area contributed by atoms with E-state index < -0.39 is 13.0 Å². The van der Waals surface area contributed by atoms with Gasteiger partial charge in [-0.3, -0.25) is 14.9 Å². The van der Waals surface area contributed by atoms with Crippen LogP contribution in [-0.4, -0.2) is 65.6 Å². The van der Waals surface area contributed by atoms with Crippen LogP contribution in [0.4, 0.5) is 0 Å². The van der Waals surface area contributed by atoms with E-state index in [-0.39, 0.29) is 25.0 Å². The Morgan fingerprint density at radius 2 is 2.15 bits per heavy atom. The number of rotatable bonds is 6. The third-order valence-corrected chi connectivity index (χ3v) is 4.99. The van der Waals surface area contributed by atoms with Gasteiger partial charge in [0.05, 0.1) is 5.92 Å². The van der Waals surface area contributed by atoms with Gasteiger partial charge in [-0.2, -0.15) is 0 Å². The maximum Gasteiger partial charge on any atom is 0.254 e. The van der Waals surface area contributed by atoms with Crippen molar-refractivity contribution in [2.24, 2.45) is 5.92 Å². The summed E-state index contributed by atoms with van der Waals surface area (Å²) in [4.78, 5) is 13.6. The second kappa shape index (κ2) is 7.36. The van der Waals surface area contributed by atoms with Crippen LogP contribution in [0, 0.1) is 5.92 Å². The molecule has 0 fully saturated rings. The van der Waals surface area contributed by atoms with Crippen LogP contribution in [0.5, 0.6) is 0 Å². The molecule has 6 nitrogen and oxygen atoms in total. The number of aliphatic hydroxyl groups is 1. The van der Waals surface area contributed by atoms with E-state index in [4.69, 9.17) is 0 Å². The molecule has 0 aliphatic heterocycles. The quantitative estimate of drug-likeness (QED) is 0.255. The number of carbonyl (C=O) groups is 1. The minimum absolute atomic E-state index is 0.0137. The Hall–Kier alpha value is -0.680. The Morgan fingerprint density at radius 1 is 1.50 bits per heavy atom. The first-order chi connectivity index (χ1) is 9.21. The number of carbonyl (C=O) groups excluding carboxylic acids is 1. The molecule has 1 amide bonds. The van der Waals surface area contributed by atoms with Gasteiger partial charge in [-0.15, -0.1) is 0 Å². The molecule has 20 heavy (non-hydrogen) atoms. The number of allylic oxidation sites excluding steroid dienone is 1. The first kappa shape index (κ1) is 17.4. The fourth-order valence-corrected chi connectivity index (χ4v) is 2.71. The van der Waals surface area contributed by atoms with Gasteiger partial charge in [0.1, 0.15) is 19.7 Å². The van der Waals surface area contributed by atoms with Crippen molar-refractivity contribution in [2.45, 2.75) is 25.1 Å². The summed E-state index contributed by atoms with van der Waals surface area (Å²) in [6.45, 7) is 3.16.